The molecule has 176 valence electrons. The van der Waals surface area contributed by atoms with Gasteiger partial charge in [-0.3, -0.25) is 18.7 Å². The van der Waals surface area contributed by atoms with Crippen LogP contribution in [-0.2, 0) is 27.9 Å². The summed E-state index contributed by atoms with van der Waals surface area (Å²) in [6, 6.07) is 20.6. The fourth-order valence-corrected chi connectivity index (χ4v) is 4.99. The van der Waals surface area contributed by atoms with Crippen LogP contribution < -0.4 is 15.7 Å². The van der Waals surface area contributed by atoms with Crippen LogP contribution in [-0.4, -0.2) is 23.5 Å². The first kappa shape index (κ1) is 23.3. The highest BCUT2D eigenvalue weighted by Gasteiger charge is 2.16. The molecule has 9 heteroatoms. The van der Waals surface area contributed by atoms with Crippen molar-refractivity contribution in [2.45, 2.75) is 38.3 Å². The van der Waals surface area contributed by atoms with Crippen LogP contribution in [0.1, 0.15) is 18.9 Å². The summed E-state index contributed by atoms with van der Waals surface area (Å²) >= 11 is 0. The molecule has 0 aliphatic rings. The highest BCUT2D eigenvalue weighted by atomic mass is 32.2. The monoisotopic (exact) mass is 478 g/mol. The smallest absolute Gasteiger partial charge is 0.326 e. The molecule has 3 aromatic carbocycles. The lowest BCUT2D eigenvalue weighted by Gasteiger charge is -2.13. The number of aryl methyl sites for hydroxylation is 3. The van der Waals surface area contributed by atoms with E-state index in [0.29, 0.717) is 17.9 Å². The SMILES string of the molecule is CCn1c(=O)n(CCC(=O)Nc2ccc(C)c(NS(=O)(=O)c3ccccc3)c2)c2ccccc21. The summed E-state index contributed by atoms with van der Waals surface area (Å²) < 4.78 is 31.2. The van der Waals surface area contributed by atoms with Crippen molar-refractivity contribution in [3.63, 3.8) is 0 Å². The van der Waals surface area contributed by atoms with E-state index in [9.17, 15) is 18.0 Å². The zero-order chi connectivity index (χ0) is 24.3. The topological polar surface area (TPSA) is 102 Å². The first-order valence-corrected chi connectivity index (χ1v) is 12.4. The van der Waals surface area contributed by atoms with Crippen LogP contribution in [0.5, 0.6) is 0 Å². The molecule has 4 rings (SSSR count). The molecule has 0 bridgehead atoms. The molecule has 1 aromatic heterocycles. The number of carbonyl (C=O) groups excluding carboxylic acids is 1. The molecule has 1 amide bonds. The summed E-state index contributed by atoms with van der Waals surface area (Å²) in [6.07, 6.45) is 0.0938. The maximum atomic E-state index is 12.8. The normalized spacial score (nSPS) is 11.5. The molecule has 0 fully saturated rings. The number of para-hydroxylation sites is 2. The maximum Gasteiger partial charge on any atom is 0.329 e. The molecule has 0 saturated heterocycles. The number of fused-ring (bicyclic) bond motifs is 1. The number of benzene rings is 3. The van der Waals surface area contributed by atoms with Crippen molar-refractivity contribution >= 4 is 38.3 Å². The third-order valence-corrected chi connectivity index (χ3v) is 7.00. The van der Waals surface area contributed by atoms with Crippen molar-refractivity contribution in [1.82, 2.24) is 9.13 Å². The van der Waals surface area contributed by atoms with E-state index >= 15 is 0 Å². The van der Waals surface area contributed by atoms with Crippen molar-refractivity contribution in [3.8, 4) is 0 Å². The molecule has 34 heavy (non-hydrogen) atoms. The standard InChI is InChI=1S/C25H26N4O4S/c1-3-28-22-11-7-8-12-23(22)29(25(28)31)16-15-24(30)26-19-14-13-18(2)21(17-19)27-34(32,33)20-9-5-4-6-10-20/h4-14,17,27H,3,15-16H2,1-2H3,(H,26,30). The summed E-state index contributed by atoms with van der Waals surface area (Å²) in [5, 5.41) is 2.80. The summed E-state index contributed by atoms with van der Waals surface area (Å²) in [7, 11) is -3.76. The van der Waals surface area contributed by atoms with Crippen molar-refractivity contribution in [3.05, 3.63) is 88.8 Å². The fourth-order valence-electron chi connectivity index (χ4n) is 3.84. The maximum absolute atomic E-state index is 12.8. The second-order valence-corrected chi connectivity index (χ2v) is 9.60. The minimum absolute atomic E-state index is 0.0938. The lowest BCUT2D eigenvalue weighted by molar-refractivity contribution is -0.116. The Morgan fingerprint density at radius 3 is 2.24 bits per heavy atom. The van der Waals surface area contributed by atoms with Gasteiger partial charge in [-0.1, -0.05) is 36.4 Å². The van der Waals surface area contributed by atoms with Gasteiger partial charge in [0.05, 0.1) is 21.6 Å². The third-order valence-electron chi connectivity index (χ3n) is 5.62. The second kappa shape index (κ2) is 9.56. The number of sulfonamides is 1. The van der Waals surface area contributed by atoms with E-state index in [2.05, 4.69) is 10.0 Å². The van der Waals surface area contributed by atoms with Gasteiger partial charge in [0.2, 0.25) is 5.91 Å². The zero-order valence-electron chi connectivity index (χ0n) is 19.0. The van der Waals surface area contributed by atoms with Gasteiger partial charge >= 0.3 is 5.69 Å². The molecule has 0 unspecified atom stereocenters. The van der Waals surface area contributed by atoms with Crippen LogP contribution in [0.2, 0.25) is 0 Å². The van der Waals surface area contributed by atoms with E-state index in [1.165, 1.54) is 12.1 Å². The minimum atomic E-state index is -3.76. The Kier molecular flexibility index (Phi) is 6.56. The molecule has 0 spiro atoms. The van der Waals surface area contributed by atoms with E-state index in [-0.39, 0.29) is 29.5 Å². The molecule has 0 aliphatic carbocycles. The van der Waals surface area contributed by atoms with Crippen LogP contribution in [0.4, 0.5) is 11.4 Å². The predicted molar refractivity (Wildman–Crippen MR) is 134 cm³/mol. The number of rotatable bonds is 8. The molecule has 8 nitrogen and oxygen atoms in total. The highest BCUT2D eigenvalue weighted by molar-refractivity contribution is 7.92. The first-order valence-electron chi connectivity index (χ1n) is 11.0. The van der Waals surface area contributed by atoms with Crippen LogP contribution in [0, 0.1) is 6.92 Å². The van der Waals surface area contributed by atoms with E-state index < -0.39 is 10.0 Å². The van der Waals surface area contributed by atoms with Gasteiger partial charge < -0.3 is 5.32 Å². The van der Waals surface area contributed by atoms with Gasteiger partial charge in [-0.25, -0.2) is 13.2 Å². The molecule has 0 saturated carbocycles. The Balaban J connectivity index is 1.48. The number of amides is 1. The number of carbonyl (C=O) groups is 1. The van der Waals surface area contributed by atoms with E-state index in [1.807, 2.05) is 31.2 Å². The van der Waals surface area contributed by atoms with Crippen LogP contribution >= 0.6 is 0 Å². The summed E-state index contributed by atoms with van der Waals surface area (Å²) in [5.41, 5.74) is 3.04. The summed E-state index contributed by atoms with van der Waals surface area (Å²) in [5.74, 6) is -0.277. The molecule has 4 aromatic rings. The Labute approximate surface area is 197 Å². The van der Waals surface area contributed by atoms with Crippen molar-refractivity contribution in [1.29, 1.82) is 0 Å². The van der Waals surface area contributed by atoms with Gasteiger partial charge in [0.25, 0.3) is 10.0 Å². The Hall–Kier alpha value is -3.85. The minimum Gasteiger partial charge on any atom is -0.326 e. The van der Waals surface area contributed by atoms with Crippen LogP contribution in [0.15, 0.2) is 82.5 Å². The second-order valence-electron chi connectivity index (χ2n) is 7.91. The predicted octanol–water partition coefficient (Wildman–Crippen LogP) is 3.96. The number of hydrogen-bond donors (Lipinski definition) is 2. The average molecular weight is 479 g/mol. The van der Waals surface area contributed by atoms with Crippen LogP contribution in [0.25, 0.3) is 11.0 Å². The zero-order valence-corrected chi connectivity index (χ0v) is 19.8. The Bertz CT molecular complexity index is 1510. The lowest BCUT2D eigenvalue weighted by atomic mass is 10.2. The number of nitrogens with one attached hydrogen (secondary N) is 2. The summed E-state index contributed by atoms with van der Waals surface area (Å²) in [4.78, 5) is 25.5. The van der Waals surface area contributed by atoms with E-state index in [4.69, 9.17) is 0 Å². The lowest BCUT2D eigenvalue weighted by Crippen LogP contribution is -2.25. The molecular formula is C25H26N4O4S. The Morgan fingerprint density at radius 1 is 0.912 bits per heavy atom. The quantitative estimate of drug-likeness (QED) is 0.400. The third kappa shape index (κ3) is 4.74. The molecule has 1 heterocycles. The number of nitrogens with zero attached hydrogens (tertiary/aromatic N) is 2. The van der Waals surface area contributed by atoms with E-state index in [0.717, 1.165) is 16.6 Å². The molecule has 0 atom stereocenters. The van der Waals surface area contributed by atoms with E-state index in [1.54, 1.807) is 52.5 Å². The number of anilines is 2. The van der Waals surface area contributed by atoms with Crippen molar-refractivity contribution in [2.24, 2.45) is 0 Å². The molecule has 0 radical (unpaired) electrons. The van der Waals surface area contributed by atoms with Gasteiger partial charge in [0, 0.05) is 25.2 Å². The van der Waals surface area contributed by atoms with Gasteiger partial charge in [-0.15, -0.1) is 0 Å². The van der Waals surface area contributed by atoms with Crippen molar-refractivity contribution in [2.75, 3.05) is 10.0 Å². The summed E-state index contributed by atoms with van der Waals surface area (Å²) in [6.45, 7) is 4.47. The van der Waals surface area contributed by atoms with Crippen LogP contribution in [0.3, 0.4) is 0 Å². The first-order chi connectivity index (χ1) is 16.3. The molecular weight excluding hydrogens is 452 g/mol. The van der Waals surface area contributed by atoms with Gasteiger partial charge in [0.15, 0.2) is 0 Å². The highest BCUT2D eigenvalue weighted by Crippen LogP contribution is 2.24. The van der Waals surface area contributed by atoms with Crippen molar-refractivity contribution < 1.29 is 13.2 Å². The average Bonchev–Trinajstić information content (AvgIpc) is 3.10. The van der Waals surface area contributed by atoms with Gasteiger partial charge in [0.1, 0.15) is 0 Å². The Morgan fingerprint density at radius 2 is 1.56 bits per heavy atom. The number of hydrogen-bond acceptors (Lipinski definition) is 4. The van der Waals surface area contributed by atoms with Gasteiger partial charge in [-0.05, 0) is 55.8 Å². The number of imidazole rings is 1. The number of aromatic nitrogens is 2. The molecule has 2 N–H and O–H groups in total. The fraction of sp³-hybridized carbons (Fsp3) is 0.200. The molecule has 0 aliphatic heterocycles. The largest absolute Gasteiger partial charge is 0.329 e. The van der Waals surface area contributed by atoms with Gasteiger partial charge in [-0.2, -0.15) is 0 Å².